The lowest BCUT2D eigenvalue weighted by atomic mass is 10.1. The number of benzene rings is 1. The number of amides is 2. The van der Waals surface area contributed by atoms with Crippen LogP contribution in [0.1, 0.15) is 88.4 Å². The molecule has 1 heterocycles. The summed E-state index contributed by atoms with van der Waals surface area (Å²) in [5.41, 5.74) is 2.75. The number of ether oxygens (including phenoxy) is 2. The Kier molecular flexibility index (Phi) is 11.8. The van der Waals surface area contributed by atoms with Crippen LogP contribution in [0.4, 0.5) is 5.69 Å². The number of hydrogen-bond acceptors (Lipinski definition) is 5. The van der Waals surface area contributed by atoms with E-state index in [0.717, 1.165) is 30.5 Å². The molecule has 2 rings (SSSR count). The molecule has 0 unspecified atom stereocenters. The molecule has 1 aromatic carbocycles. The Morgan fingerprint density at radius 2 is 1.64 bits per heavy atom. The van der Waals surface area contributed by atoms with Crippen molar-refractivity contribution in [2.45, 2.75) is 78.1 Å². The normalized spacial score (nSPS) is 14.6. The number of hydrogen-bond donors (Lipinski definition) is 1. The summed E-state index contributed by atoms with van der Waals surface area (Å²) in [5, 5.41) is 1.22. The molecule has 33 heavy (non-hydrogen) atoms. The first-order valence-electron chi connectivity index (χ1n) is 11.9. The van der Waals surface area contributed by atoms with E-state index in [9.17, 15) is 14.4 Å². The fourth-order valence-corrected chi connectivity index (χ4v) is 3.72. The lowest BCUT2D eigenvalue weighted by Gasteiger charge is -2.17. The van der Waals surface area contributed by atoms with E-state index in [1.165, 1.54) is 63.1 Å². The molecule has 1 aromatic rings. The number of carbonyl (C=O) groups is 3. The van der Waals surface area contributed by atoms with Crippen LogP contribution in [-0.4, -0.2) is 31.0 Å². The summed E-state index contributed by atoms with van der Waals surface area (Å²) in [6.07, 6.45) is 13.2. The van der Waals surface area contributed by atoms with Crippen LogP contribution < -0.4 is 10.4 Å². The first-order chi connectivity index (χ1) is 16.0. The number of nitrogens with one attached hydrogen (secondary N) is 1. The van der Waals surface area contributed by atoms with Gasteiger partial charge < -0.3 is 9.47 Å². The summed E-state index contributed by atoms with van der Waals surface area (Å²) >= 11 is 6.22. The fourth-order valence-electron chi connectivity index (χ4n) is 3.52. The van der Waals surface area contributed by atoms with E-state index in [0.29, 0.717) is 13.2 Å². The van der Waals surface area contributed by atoms with Crippen LogP contribution >= 0.6 is 11.6 Å². The Balaban J connectivity index is 1.79. The van der Waals surface area contributed by atoms with Crippen LogP contribution in [0.2, 0.25) is 5.02 Å². The maximum atomic E-state index is 12.6. The summed E-state index contributed by atoms with van der Waals surface area (Å²) in [5.74, 6) is -1.70. The van der Waals surface area contributed by atoms with Gasteiger partial charge in [0.05, 0.1) is 29.5 Å². The Morgan fingerprint density at radius 3 is 2.27 bits per heavy atom. The predicted molar refractivity (Wildman–Crippen MR) is 129 cm³/mol. The van der Waals surface area contributed by atoms with Crippen molar-refractivity contribution < 1.29 is 23.9 Å². The number of rotatable bonds is 15. The van der Waals surface area contributed by atoms with Gasteiger partial charge in [-0.2, -0.15) is 0 Å². The van der Waals surface area contributed by atoms with Crippen molar-refractivity contribution in [1.29, 1.82) is 0 Å². The largest absolute Gasteiger partial charge is 0.500 e. The molecule has 1 aliphatic rings. The third kappa shape index (κ3) is 8.39. The SMILES string of the molecule is CCCCCCCCCCCCOC(=O)c1ccc(Cl)c(N2NC(=O)/C(=C/OCC)C2=O)c1. The third-order valence-corrected chi connectivity index (χ3v) is 5.73. The van der Waals surface area contributed by atoms with Crippen LogP contribution in [0.3, 0.4) is 0 Å². The molecule has 0 aliphatic carbocycles. The van der Waals surface area contributed by atoms with Gasteiger partial charge in [-0.05, 0) is 31.5 Å². The van der Waals surface area contributed by atoms with Crippen molar-refractivity contribution in [3.05, 3.63) is 40.6 Å². The topological polar surface area (TPSA) is 84.9 Å². The van der Waals surface area contributed by atoms with Crippen molar-refractivity contribution in [2.24, 2.45) is 0 Å². The second-order valence-electron chi connectivity index (χ2n) is 8.05. The van der Waals surface area contributed by atoms with E-state index < -0.39 is 17.8 Å². The highest BCUT2D eigenvalue weighted by molar-refractivity contribution is 6.36. The van der Waals surface area contributed by atoms with Gasteiger partial charge in [-0.1, -0.05) is 76.3 Å². The van der Waals surface area contributed by atoms with Gasteiger partial charge in [0.2, 0.25) is 0 Å². The number of hydrazine groups is 1. The van der Waals surface area contributed by atoms with E-state index in [2.05, 4.69) is 12.3 Å². The van der Waals surface area contributed by atoms with Gasteiger partial charge in [-0.25, -0.2) is 9.80 Å². The number of unbranched alkanes of at least 4 members (excludes halogenated alkanes) is 9. The van der Waals surface area contributed by atoms with Gasteiger partial charge >= 0.3 is 5.97 Å². The Labute approximate surface area is 201 Å². The van der Waals surface area contributed by atoms with Crippen molar-refractivity contribution in [2.75, 3.05) is 18.2 Å². The molecule has 1 fully saturated rings. The second kappa shape index (κ2) is 14.6. The second-order valence-corrected chi connectivity index (χ2v) is 8.46. The van der Waals surface area contributed by atoms with E-state index in [4.69, 9.17) is 21.1 Å². The van der Waals surface area contributed by atoms with Crippen LogP contribution in [0, 0.1) is 0 Å². The maximum Gasteiger partial charge on any atom is 0.338 e. The van der Waals surface area contributed by atoms with E-state index in [1.807, 2.05) is 0 Å². The van der Waals surface area contributed by atoms with Gasteiger partial charge in [0.25, 0.3) is 11.8 Å². The molecule has 0 saturated carbocycles. The molecule has 7 nitrogen and oxygen atoms in total. The van der Waals surface area contributed by atoms with Crippen molar-refractivity contribution in [3.63, 3.8) is 0 Å². The molecule has 182 valence electrons. The predicted octanol–water partition coefficient (Wildman–Crippen LogP) is 5.72. The van der Waals surface area contributed by atoms with E-state index >= 15 is 0 Å². The monoisotopic (exact) mass is 478 g/mol. The molecule has 2 amide bonds. The van der Waals surface area contributed by atoms with E-state index in [1.54, 1.807) is 6.92 Å². The smallest absolute Gasteiger partial charge is 0.338 e. The minimum atomic E-state index is -0.605. The maximum absolute atomic E-state index is 12.6. The summed E-state index contributed by atoms with van der Waals surface area (Å²) < 4.78 is 10.4. The van der Waals surface area contributed by atoms with Crippen molar-refractivity contribution in [3.8, 4) is 0 Å². The summed E-state index contributed by atoms with van der Waals surface area (Å²) in [6, 6.07) is 4.47. The van der Waals surface area contributed by atoms with Crippen LogP contribution in [0.5, 0.6) is 0 Å². The molecule has 0 spiro atoms. The highest BCUT2D eigenvalue weighted by Crippen LogP contribution is 2.29. The number of nitrogens with zero attached hydrogens (tertiary/aromatic N) is 1. The highest BCUT2D eigenvalue weighted by atomic mass is 35.5. The van der Waals surface area contributed by atoms with Gasteiger partial charge in [0, 0.05) is 0 Å². The minimum Gasteiger partial charge on any atom is -0.500 e. The lowest BCUT2D eigenvalue weighted by molar-refractivity contribution is -0.117. The molecule has 8 heteroatoms. The average molecular weight is 479 g/mol. The molecule has 1 N–H and O–H groups in total. The Bertz CT molecular complexity index is 840. The summed E-state index contributed by atoms with van der Waals surface area (Å²) in [7, 11) is 0. The van der Waals surface area contributed by atoms with Crippen LogP contribution in [0.25, 0.3) is 0 Å². The van der Waals surface area contributed by atoms with Gasteiger partial charge in [-0.3, -0.25) is 15.0 Å². The third-order valence-electron chi connectivity index (χ3n) is 5.41. The minimum absolute atomic E-state index is 0.137. The zero-order valence-corrected chi connectivity index (χ0v) is 20.4. The highest BCUT2D eigenvalue weighted by Gasteiger charge is 2.36. The van der Waals surface area contributed by atoms with Crippen LogP contribution in [-0.2, 0) is 19.1 Å². The number of esters is 1. The molecule has 1 aliphatic heterocycles. The Hall–Kier alpha value is -2.54. The van der Waals surface area contributed by atoms with Crippen LogP contribution in [0.15, 0.2) is 30.0 Å². The zero-order valence-electron chi connectivity index (χ0n) is 19.7. The number of carbonyl (C=O) groups excluding carboxylic acids is 3. The first kappa shape index (κ1) is 26.7. The number of halogens is 1. The molecular weight excluding hydrogens is 444 g/mol. The quantitative estimate of drug-likeness (QED) is 0.115. The summed E-state index contributed by atoms with van der Waals surface area (Å²) in [4.78, 5) is 37.1. The standard InChI is InChI=1S/C25H35ClN2O5/c1-3-5-6-7-8-9-10-11-12-13-16-33-25(31)19-14-15-21(26)22(17-19)28-24(30)20(18-32-4-2)23(29)27-28/h14-15,17-18H,3-13,16H2,1-2H3,(H,27,29)/b20-18-. The zero-order chi connectivity index (χ0) is 24.1. The van der Waals surface area contributed by atoms with Gasteiger partial charge in [0.15, 0.2) is 0 Å². The van der Waals surface area contributed by atoms with Crippen molar-refractivity contribution in [1.82, 2.24) is 5.43 Å². The fraction of sp³-hybridized carbons (Fsp3) is 0.560. The number of anilines is 1. The average Bonchev–Trinajstić information content (AvgIpc) is 3.09. The lowest BCUT2D eigenvalue weighted by Crippen LogP contribution is -2.36. The molecule has 0 radical (unpaired) electrons. The van der Waals surface area contributed by atoms with Gasteiger partial charge in [-0.15, -0.1) is 0 Å². The van der Waals surface area contributed by atoms with Crippen molar-refractivity contribution >= 4 is 35.1 Å². The molecule has 1 saturated heterocycles. The summed E-state index contributed by atoms with van der Waals surface area (Å²) in [6.45, 7) is 4.64. The first-order valence-corrected chi connectivity index (χ1v) is 12.3. The molecule has 0 aromatic heterocycles. The van der Waals surface area contributed by atoms with Gasteiger partial charge in [0.1, 0.15) is 11.8 Å². The Morgan fingerprint density at radius 1 is 1.00 bits per heavy atom. The molecular formula is C25H35ClN2O5. The van der Waals surface area contributed by atoms with E-state index in [-0.39, 0.29) is 21.8 Å². The molecule has 0 atom stereocenters. The molecule has 0 bridgehead atoms.